The fraction of sp³-hybridized carbons (Fsp3) is 0.0714. The van der Waals surface area contributed by atoms with Crippen LogP contribution in [0.1, 0.15) is 21.7 Å². The van der Waals surface area contributed by atoms with Gasteiger partial charge in [-0.05, 0) is 30.3 Å². The molecule has 0 aliphatic carbocycles. The van der Waals surface area contributed by atoms with Crippen molar-refractivity contribution in [3.63, 3.8) is 0 Å². The second-order valence-corrected chi connectivity index (χ2v) is 3.98. The summed E-state index contributed by atoms with van der Waals surface area (Å²) in [6.07, 6.45) is 0. The SMILES string of the molecule is N#Cc1ccc(NCc2cccc(C(=O)O)n2)c(F)c1. The Morgan fingerprint density at radius 2 is 2.20 bits per heavy atom. The summed E-state index contributed by atoms with van der Waals surface area (Å²) >= 11 is 0. The summed E-state index contributed by atoms with van der Waals surface area (Å²) in [5.41, 5.74) is 0.879. The average Bonchev–Trinajstić information content (AvgIpc) is 2.46. The third-order valence-electron chi connectivity index (χ3n) is 2.58. The molecule has 0 unspecified atom stereocenters. The lowest BCUT2D eigenvalue weighted by atomic mass is 10.2. The Bertz CT molecular complexity index is 695. The van der Waals surface area contributed by atoms with E-state index < -0.39 is 11.8 Å². The number of carbonyl (C=O) groups is 1. The third kappa shape index (κ3) is 3.09. The molecular weight excluding hydrogens is 261 g/mol. The highest BCUT2D eigenvalue weighted by Crippen LogP contribution is 2.16. The van der Waals surface area contributed by atoms with Crippen LogP contribution in [0.2, 0.25) is 0 Å². The van der Waals surface area contributed by atoms with E-state index in [0.717, 1.165) is 6.07 Å². The average molecular weight is 271 g/mol. The van der Waals surface area contributed by atoms with Gasteiger partial charge < -0.3 is 10.4 Å². The standard InChI is InChI=1S/C14H10FN3O2/c15-11-6-9(7-16)4-5-12(11)17-8-10-2-1-3-13(18-10)14(19)20/h1-6,17H,8H2,(H,19,20). The predicted octanol–water partition coefficient (Wildman–Crippen LogP) is 2.40. The van der Waals surface area contributed by atoms with Crippen molar-refractivity contribution in [2.45, 2.75) is 6.54 Å². The Kier molecular flexibility index (Phi) is 3.91. The number of hydrogen-bond donors (Lipinski definition) is 2. The van der Waals surface area contributed by atoms with Crippen molar-refractivity contribution in [3.8, 4) is 6.07 Å². The molecule has 1 heterocycles. The number of rotatable bonds is 4. The van der Waals surface area contributed by atoms with E-state index in [1.165, 1.54) is 18.2 Å². The molecule has 0 radical (unpaired) electrons. The molecule has 0 saturated carbocycles. The van der Waals surface area contributed by atoms with E-state index in [9.17, 15) is 9.18 Å². The normalized spacial score (nSPS) is 9.80. The van der Waals surface area contributed by atoms with Gasteiger partial charge in [0.1, 0.15) is 11.5 Å². The van der Waals surface area contributed by atoms with Crippen LogP contribution in [-0.2, 0) is 6.54 Å². The fourth-order valence-electron chi connectivity index (χ4n) is 1.61. The zero-order chi connectivity index (χ0) is 14.5. The number of carboxylic acids is 1. The van der Waals surface area contributed by atoms with Crippen LogP contribution in [-0.4, -0.2) is 16.1 Å². The van der Waals surface area contributed by atoms with Gasteiger partial charge in [-0.25, -0.2) is 14.2 Å². The number of pyridine rings is 1. The lowest BCUT2D eigenvalue weighted by molar-refractivity contribution is 0.0690. The number of aromatic nitrogens is 1. The van der Waals surface area contributed by atoms with Crippen LogP contribution in [0.4, 0.5) is 10.1 Å². The van der Waals surface area contributed by atoms with E-state index in [2.05, 4.69) is 10.3 Å². The Labute approximate surface area is 114 Å². The molecule has 6 heteroatoms. The molecule has 0 aliphatic rings. The lowest BCUT2D eigenvalue weighted by Gasteiger charge is -2.07. The van der Waals surface area contributed by atoms with Crippen molar-refractivity contribution in [2.24, 2.45) is 0 Å². The van der Waals surface area contributed by atoms with Crippen molar-refractivity contribution in [1.82, 2.24) is 4.98 Å². The smallest absolute Gasteiger partial charge is 0.354 e. The summed E-state index contributed by atoms with van der Waals surface area (Å²) in [4.78, 5) is 14.7. The molecule has 20 heavy (non-hydrogen) atoms. The number of aromatic carboxylic acids is 1. The van der Waals surface area contributed by atoms with Crippen LogP contribution in [0.15, 0.2) is 36.4 Å². The molecule has 0 saturated heterocycles. The first-order valence-electron chi connectivity index (χ1n) is 5.73. The molecule has 5 nitrogen and oxygen atoms in total. The minimum absolute atomic E-state index is 0.0652. The van der Waals surface area contributed by atoms with Gasteiger partial charge in [-0.1, -0.05) is 6.07 Å². The van der Waals surface area contributed by atoms with E-state index in [1.807, 2.05) is 6.07 Å². The quantitative estimate of drug-likeness (QED) is 0.891. The zero-order valence-corrected chi connectivity index (χ0v) is 10.3. The van der Waals surface area contributed by atoms with Gasteiger partial charge in [-0.2, -0.15) is 5.26 Å². The van der Waals surface area contributed by atoms with Gasteiger partial charge >= 0.3 is 5.97 Å². The number of carboxylic acid groups (broad SMARTS) is 1. The summed E-state index contributed by atoms with van der Waals surface area (Å²) in [5, 5.41) is 20.3. The number of nitriles is 1. The first-order valence-corrected chi connectivity index (χ1v) is 5.73. The van der Waals surface area contributed by atoms with Gasteiger partial charge in [0, 0.05) is 0 Å². The summed E-state index contributed by atoms with van der Waals surface area (Å²) in [6, 6.07) is 10.5. The van der Waals surface area contributed by atoms with Crippen LogP contribution >= 0.6 is 0 Å². The molecule has 0 amide bonds. The van der Waals surface area contributed by atoms with Crippen LogP contribution in [0.3, 0.4) is 0 Å². The Morgan fingerprint density at radius 1 is 1.40 bits per heavy atom. The van der Waals surface area contributed by atoms with E-state index in [0.29, 0.717) is 5.69 Å². The molecule has 1 aromatic heterocycles. The van der Waals surface area contributed by atoms with E-state index in [1.54, 1.807) is 12.1 Å². The maximum absolute atomic E-state index is 13.6. The van der Waals surface area contributed by atoms with Gasteiger partial charge in [-0.15, -0.1) is 0 Å². The summed E-state index contributed by atoms with van der Waals surface area (Å²) in [5.74, 6) is -1.66. The number of nitrogens with one attached hydrogen (secondary N) is 1. The van der Waals surface area contributed by atoms with Crippen LogP contribution in [0.5, 0.6) is 0 Å². The van der Waals surface area contributed by atoms with Crippen molar-refractivity contribution < 1.29 is 14.3 Å². The van der Waals surface area contributed by atoms with Crippen molar-refractivity contribution >= 4 is 11.7 Å². The highest BCUT2D eigenvalue weighted by atomic mass is 19.1. The highest BCUT2D eigenvalue weighted by molar-refractivity contribution is 5.85. The van der Waals surface area contributed by atoms with Crippen molar-refractivity contribution in [3.05, 3.63) is 59.2 Å². The molecule has 0 spiro atoms. The first kappa shape index (κ1) is 13.5. The van der Waals surface area contributed by atoms with Crippen LogP contribution in [0, 0.1) is 17.1 Å². The summed E-state index contributed by atoms with van der Waals surface area (Å²) in [6.45, 7) is 0.184. The second-order valence-electron chi connectivity index (χ2n) is 3.98. The van der Waals surface area contributed by atoms with Crippen molar-refractivity contribution in [2.75, 3.05) is 5.32 Å². The Balaban J connectivity index is 2.11. The van der Waals surface area contributed by atoms with Gasteiger partial charge in [0.15, 0.2) is 0 Å². The van der Waals surface area contributed by atoms with Crippen molar-refractivity contribution in [1.29, 1.82) is 5.26 Å². The molecular formula is C14H10FN3O2. The molecule has 0 aliphatic heterocycles. The number of benzene rings is 1. The maximum atomic E-state index is 13.6. The minimum Gasteiger partial charge on any atom is -0.477 e. The number of nitrogens with zero attached hydrogens (tertiary/aromatic N) is 2. The number of halogens is 1. The van der Waals surface area contributed by atoms with Gasteiger partial charge in [0.05, 0.1) is 29.6 Å². The Hall–Kier alpha value is -2.94. The zero-order valence-electron chi connectivity index (χ0n) is 10.3. The molecule has 0 fully saturated rings. The van der Waals surface area contributed by atoms with E-state index >= 15 is 0 Å². The number of hydrogen-bond acceptors (Lipinski definition) is 4. The number of anilines is 1. The molecule has 0 bridgehead atoms. The molecule has 0 atom stereocenters. The van der Waals surface area contributed by atoms with Gasteiger partial charge in [0.2, 0.25) is 0 Å². The third-order valence-corrected chi connectivity index (χ3v) is 2.58. The Morgan fingerprint density at radius 3 is 2.85 bits per heavy atom. The predicted molar refractivity (Wildman–Crippen MR) is 69.6 cm³/mol. The van der Waals surface area contributed by atoms with E-state index in [-0.39, 0.29) is 23.5 Å². The molecule has 1 aromatic carbocycles. The second kappa shape index (κ2) is 5.80. The molecule has 2 rings (SSSR count). The van der Waals surface area contributed by atoms with Gasteiger partial charge in [0.25, 0.3) is 0 Å². The highest BCUT2D eigenvalue weighted by Gasteiger charge is 2.06. The summed E-state index contributed by atoms with van der Waals surface area (Å²) < 4.78 is 13.6. The van der Waals surface area contributed by atoms with E-state index in [4.69, 9.17) is 10.4 Å². The summed E-state index contributed by atoms with van der Waals surface area (Å²) in [7, 11) is 0. The topological polar surface area (TPSA) is 86.0 Å². The maximum Gasteiger partial charge on any atom is 0.354 e. The molecule has 2 aromatic rings. The first-order chi connectivity index (χ1) is 9.60. The largest absolute Gasteiger partial charge is 0.477 e. The lowest BCUT2D eigenvalue weighted by Crippen LogP contribution is -2.07. The van der Waals surface area contributed by atoms with Crippen LogP contribution in [0.25, 0.3) is 0 Å². The monoisotopic (exact) mass is 271 g/mol. The van der Waals surface area contributed by atoms with Gasteiger partial charge in [-0.3, -0.25) is 0 Å². The minimum atomic E-state index is -1.11. The molecule has 2 N–H and O–H groups in total. The molecule has 100 valence electrons. The van der Waals surface area contributed by atoms with Crippen LogP contribution < -0.4 is 5.32 Å². The fourth-order valence-corrected chi connectivity index (χ4v) is 1.61.